The molecule has 0 radical (unpaired) electrons. The normalized spacial score (nSPS) is 9.13. The standard InChI is InChI=1S/C10H10N4.ClH/c1-8-6-10(13-7-12-8)14-9-4-2-3-5-11-9;/h2-7H,1H3,(H,11,12,13,14);1H. The summed E-state index contributed by atoms with van der Waals surface area (Å²) in [4.78, 5) is 12.2. The van der Waals surface area contributed by atoms with E-state index in [1.54, 1.807) is 6.20 Å². The van der Waals surface area contributed by atoms with E-state index in [0.29, 0.717) is 0 Å². The Morgan fingerprint density at radius 3 is 2.60 bits per heavy atom. The van der Waals surface area contributed by atoms with Crippen molar-refractivity contribution in [2.24, 2.45) is 0 Å². The van der Waals surface area contributed by atoms with E-state index >= 15 is 0 Å². The third kappa shape index (κ3) is 3.18. The predicted octanol–water partition coefficient (Wildman–Crippen LogP) is 2.35. The average Bonchev–Trinajstić information content (AvgIpc) is 2.19. The Kier molecular flexibility index (Phi) is 4.00. The first-order valence-corrected chi connectivity index (χ1v) is 4.31. The lowest BCUT2D eigenvalue weighted by Crippen LogP contribution is -1.96. The van der Waals surface area contributed by atoms with Crippen molar-refractivity contribution in [2.45, 2.75) is 6.92 Å². The van der Waals surface area contributed by atoms with Gasteiger partial charge in [0.2, 0.25) is 0 Å². The molecule has 2 rings (SSSR count). The van der Waals surface area contributed by atoms with Crippen molar-refractivity contribution in [1.82, 2.24) is 15.0 Å². The van der Waals surface area contributed by atoms with Gasteiger partial charge in [-0.1, -0.05) is 6.07 Å². The minimum Gasteiger partial charge on any atom is -0.325 e. The highest BCUT2D eigenvalue weighted by molar-refractivity contribution is 5.85. The van der Waals surface area contributed by atoms with Crippen molar-refractivity contribution >= 4 is 24.0 Å². The summed E-state index contributed by atoms with van der Waals surface area (Å²) in [5, 5.41) is 3.08. The molecule has 1 N–H and O–H groups in total. The van der Waals surface area contributed by atoms with E-state index in [2.05, 4.69) is 20.3 Å². The molecule has 4 nitrogen and oxygen atoms in total. The molecular formula is C10H11ClN4. The molecule has 0 saturated heterocycles. The third-order valence-electron chi connectivity index (χ3n) is 1.72. The van der Waals surface area contributed by atoms with Gasteiger partial charge in [0.15, 0.2) is 0 Å². The van der Waals surface area contributed by atoms with Crippen LogP contribution in [0.5, 0.6) is 0 Å². The van der Waals surface area contributed by atoms with E-state index < -0.39 is 0 Å². The minimum atomic E-state index is 0. The monoisotopic (exact) mass is 222 g/mol. The third-order valence-corrected chi connectivity index (χ3v) is 1.72. The highest BCUT2D eigenvalue weighted by atomic mass is 35.5. The smallest absolute Gasteiger partial charge is 0.135 e. The summed E-state index contributed by atoms with van der Waals surface area (Å²) >= 11 is 0. The van der Waals surface area contributed by atoms with Crippen LogP contribution in [0.15, 0.2) is 36.8 Å². The van der Waals surface area contributed by atoms with Crippen LogP contribution in [0.2, 0.25) is 0 Å². The number of aryl methyl sites for hydroxylation is 1. The van der Waals surface area contributed by atoms with Crippen LogP contribution < -0.4 is 5.32 Å². The topological polar surface area (TPSA) is 50.7 Å². The molecule has 0 aliphatic carbocycles. The quantitative estimate of drug-likeness (QED) is 0.848. The lowest BCUT2D eigenvalue weighted by Gasteiger charge is -2.03. The number of halogens is 1. The molecule has 5 heteroatoms. The number of hydrogen-bond acceptors (Lipinski definition) is 4. The van der Waals surface area contributed by atoms with E-state index in [1.807, 2.05) is 31.2 Å². The van der Waals surface area contributed by atoms with Crippen molar-refractivity contribution in [3.63, 3.8) is 0 Å². The SMILES string of the molecule is Cc1cc(Nc2ccccn2)ncn1.Cl. The second-order valence-corrected chi connectivity index (χ2v) is 2.88. The van der Waals surface area contributed by atoms with Gasteiger partial charge in [0.25, 0.3) is 0 Å². The number of anilines is 2. The van der Waals surface area contributed by atoms with Crippen LogP contribution >= 0.6 is 12.4 Å². The first-order chi connectivity index (χ1) is 6.84. The molecule has 0 bridgehead atoms. The fourth-order valence-corrected chi connectivity index (χ4v) is 1.09. The van der Waals surface area contributed by atoms with E-state index in [1.165, 1.54) is 6.33 Å². The van der Waals surface area contributed by atoms with Crippen LogP contribution in [-0.2, 0) is 0 Å². The van der Waals surface area contributed by atoms with E-state index in [0.717, 1.165) is 17.3 Å². The molecule has 2 aromatic heterocycles. The lowest BCUT2D eigenvalue weighted by atomic mass is 10.4. The summed E-state index contributed by atoms with van der Waals surface area (Å²) in [6, 6.07) is 7.55. The van der Waals surface area contributed by atoms with Gasteiger partial charge in [0.05, 0.1) is 0 Å². The number of nitrogens with one attached hydrogen (secondary N) is 1. The number of pyridine rings is 1. The fraction of sp³-hybridized carbons (Fsp3) is 0.100. The lowest BCUT2D eigenvalue weighted by molar-refractivity contribution is 1.10. The van der Waals surface area contributed by atoms with Crippen molar-refractivity contribution in [3.05, 3.63) is 42.5 Å². The van der Waals surface area contributed by atoms with Crippen molar-refractivity contribution < 1.29 is 0 Å². The van der Waals surface area contributed by atoms with Crippen LogP contribution in [0.4, 0.5) is 11.6 Å². The van der Waals surface area contributed by atoms with Crippen LogP contribution in [0.25, 0.3) is 0 Å². The Bertz CT molecular complexity index is 419. The van der Waals surface area contributed by atoms with Crippen molar-refractivity contribution in [1.29, 1.82) is 0 Å². The molecule has 2 aromatic rings. The molecule has 2 heterocycles. The molecule has 0 aliphatic rings. The fourth-order valence-electron chi connectivity index (χ4n) is 1.09. The van der Waals surface area contributed by atoms with Gasteiger partial charge in [0.1, 0.15) is 18.0 Å². The highest BCUT2D eigenvalue weighted by Crippen LogP contribution is 2.10. The van der Waals surface area contributed by atoms with E-state index in [9.17, 15) is 0 Å². The molecule has 0 saturated carbocycles. The van der Waals surface area contributed by atoms with Crippen LogP contribution in [0.1, 0.15) is 5.69 Å². The Hall–Kier alpha value is -1.68. The van der Waals surface area contributed by atoms with Gasteiger partial charge < -0.3 is 5.32 Å². The Morgan fingerprint density at radius 1 is 1.07 bits per heavy atom. The zero-order valence-electron chi connectivity index (χ0n) is 8.21. The zero-order chi connectivity index (χ0) is 9.80. The van der Waals surface area contributed by atoms with E-state index in [-0.39, 0.29) is 12.4 Å². The Labute approximate surface area is 94.2 Å². The van der Waals surface area contributed by atoms with Gasteiger partial charge in [-0.05, 0) is 19.1 Å². The number of hydrogen-bond donors (Lipinski definition) is 1. The van der Waals surface area contributed by atoms with Crippen LogP contribution in [0, 0.1) is 6.92 Å². The van der Waals surface area contributed by atoms with Gasteiger partial charge in [-0.15, -0.1) is 12.4 Å². The minimum absolute atomic E-state index is 0. The summed E-state index contributed by atoms with van der Waals surface area (Å²) in [5.74, 6) is 1.54. The molecule has 78 valence electrons. The summed E-state index contributed by atoms with van der Waals surface area (Å²) < 4.78 is 0. The van der Waals surface area contributed by atoms with Crippen molar-refractivity contribution in [3.8, 4) is 0 Å². The average molecular weight is 223 g/mol. The molecule has 0 fully saturated rings. The van der Waals surface area contributed by atoms with Gasteiger partial charge in [-0.2, -0.15) is 0 Å². The molecule has 0 unspecified atom stereocenters. The largest absolute Gasteiger partial charge is 0.325 e. The second kappa shape index (κ2) is 5.26. The first-order valence-electron chi connectivity index (χ1n) is 4.31. The molecule has 0 spiro atoms. The maximum absolute atomic E-state index is 4.13. The second-order valence-electron chi connectivity index (χ2n) is 2.88. The van der Waals surface area contributed by atoms with Gasteiger partial charge >= 0.3 is 0 Å². The van der Waals surface area contributed by atoms with E-state index in [4.69, 9.17) is 0 Å². The number of rotatable bonds is 2. The molecule has 15 heavy (non-hydrogen) atoms. The van der Waals surface area contributed by atoms with Crippen molar-refractivity contribution in [2.75, 3.05) is 5.32 Å². The Morgan fingerprint density at radius 2 is 1.93 bits per heavy atom. The maximum Gasteiger partial charge on any atom is 0.135 e. The molecule has 0 amide bonds. The predicted molar refractivity (Wildman–Crippen MR) is 61.5 cm³/mol. The molecule has 0 atom stereocenters. The molecular weight excluding hydrogens is 212 g/mol. The maximum atomic E-state index is 4.13. The first kappa shape index (κ1) is 11.4. The summed E-state index contributed by atoms with van der Waals surface area (Å²) in [6.45, 7) is 1.92. The molecule has 0 aromatic carbocycles. The van der Waals surface area contributed by atoms with Crippen LogP contribution in [-0.4, -0.2) is 15.0 Å². The van der Waals surface area contributed by atoms with Gasteiger partial charge in [-0.3, -0.25) is 0 Å². The van der Waals surface area contributed by atoms with Gasteiger partial charge in [0, 0.05) is 18.0 Å². The number of aromatic nitrogens is 3. The van der Waals surface area contributed by atoms with Crippen LogP contribution in [0.3, 0.4) is 0 Å². The summed E-state index contributed by atoms with van der Waals surface area (Å²) in [6.07, 6.45) is 3.26. The summed E-state index contributed by atoms with van der Waals surface area (Å²) in [5.41, 5.74) is 0.929. The van der Waals surface area contributed by atoms with Gasteiger partial charge in [-0.25, -0.2) is 15.0 Å². The molecule has 0 aliphatic heterocycles. The zero-order valence-corrected chi connectivity index (χ0v) is 9.03. The Balaban J connectivity index is 0.00000112. The summed E-state index contributed by atoms with van der Waals surface area (Å²) in [7, 11) is 0. The highest BCUT2D eigenvalue weighted by Gasteiger charge is 1.95. The number of nitrogens with zero attached hydrogens (tertiary/aromatic N) is 3.